The van der Waals surface area contributed by atoms with E-state index in [0.29, 0.717) is 16.3 Å². The Morgan fingerprint density at radius 1 is 1.28 bits per heavy atom. The maximum Gasteiger partial charge on any atom is 0.339 e. The number of pyridine rings is 1. The Bertz CT molecular complexity index is 649. The molecule has 4 nitrogen and oxygen atoms in total. The van der Waals surface area contributed by atoms with Gasteiger partial charge in [0.05, 0.1) is 17.7 Å². The second-order valence-electron chi connectivity index (χ2n) is 3.62. The number of benzene rings is 1. The second kappa shape index (κ2) is 5.06. The summed E-state index contributed by atoms with van der Waals surface area (Å²) in [6.45, 7) is 0. The van der Waals surface area contributed by atoms with Gasteiger partial charge in [0.1, 0.15) is 0 Å². The number of esters is 1. The van der Waals surface area contributed by atoms with E-state index in [1.54, 1.807) is 24.4 Å². The van der Waals surface area contributed by atoms with Crippen LogP contribution in [0.2, 0.25) is 5.02 Å². The molecule has 0 fully saturated rings. The van der Waals surface area contributed by atoms with Gasteiger partial charge in [-0.1, -0.05) is 17.7 Å². The smallest absolute Gasteiger partial charge is 0.339 e. The zero-order valence-corrected chi connectivity index (χ0v) is 10.3. The normalized spacial score (nSPS) is 10.1. The van der Waals surface area contributed by atoms with E-state index < -0.39 is 5.97 Å². The third-order valence-electron chi connectivity index (χ3n) is 2.46. The number of nitrogens with one attached hydrogen (secondary N) is 1. The fourth-order valence-corrected chi connectivity index (χ4v) is 1.77. The van der Waals surface area contributed by atoms with Crippen LogP contribution in [0.15, 0.2) is 41.3 Å². The fourth-order valence-electron chi connectivity index (χ4n) is 1.57. The van der Waals surface area contributed by atoms with Crippen molar-refractivity contribution < 1.29 is 9.53 Å². The lowest BCUT2D eigenvalue weighted by Gasteiger charge is -2.06. The molecule has 5 heteroatoms. The van der Waals surface area contributed by atoms with E-state index in [1.807, 2.05) is 0 Å². The summed E-state index contributed by atoms with van der Waals surface area (Å²) in [5.74, 6) is -0.514. The van der Waals surface area contributed by atoms with Crippen molar-refractivity contribution in [3.05, 3.63) is 57.3 Å². The molecule has 18 heavy (non-hydrogen) atoms. The highest BCUT2D eigenvalue weighted by Gasteiger charge is 2.12. The van der Waals surface area contributed by atoms with Crippen LogP contribution >= 0.6 is 11.6 Å². The van der Waals surface area contributed by atoms with Crippen LogP contribution in [0.5, 0.6) is 0 Å². The molecule has 2 aromatic rings. The van der Waals surface area contributed by atoms with E-state index in [9.17, 15) is 9.59 Å². The number of hydrogen-bond acceptors (Lipinski definition) is 3. The molecular formula is C13H10ClNO3. The zero-order valence-electron chi connectivity index (χ0n) is 9.57. The number of carbonyl (C=O) groups excluding carboxylic acids is 1. The molecule has 0 aliphatic heterocycles. The van der Waals surface area contributed by atoms with E-state index in [1.165, 1.54) is 19.2 Å². The fraction of sp³-hybridized carbons (Fsp3) is 0.0769. The van der Waals surface area contributed by atoms with Gasteiger partial charge >= 0.3 is 5.97 Å². The minimum Gasteiger partial charge on any atom is -0.465 e. The van der Waals surface area contributed by atoms with Crippen molar-refractivity contribution in [1.82, 2.24) is 4.98 Å². The molecule has 0 spiro atoms. The molecule has 92 valence electrons. The molecule has 1 heterocycles. The minimum atomic E-state index is -0.514. The quantitative estimate of drug-likeness (QED) is 0.847. The van der Waals surface area contributed by atoms with E-state index in [-0.39, 0.29) is 11.0 Å². The molecule has 0 radical (unpaired) electrons. The first-order chi connectivity index (χ1) is 8.61. The predicted molar refractivity (Wildman–Crippen MR) is 68.8 cm³/mol. The van der Waals surface area contributed by atoms with Crippen LogP contribution in [0.25, 0.3) is 11.3 Å². The molecule has 0 unspecified atom stereocenters. The molecule has 0 amide bonds. The predicted octanol–water partition coefficient (Wildman–Crippen LogP) is 2.48. The monoisotopic (exact) mass is 263 g/mol. The van der Waals surface area contributed by atoms with Crippen LogP contribution in [0.4, 0.5) is 0 Å². The number of methoxy groups -OCH3 is 1. The Labute approximate surface area is 108 Å². The van der Waals surface area contributed by atoms with Gasteiger partial charge in [0, 0.05) is 24.0 Å². The summed E-state index contributed by atoms with van der Waals surface area (Å²) in [7, 11) is 1.29. The van der Waals surface area contributed by atoms with Gasteiger partial charge in [-0.2, -0.15) is 0 Å². The molecule has 0 aliphatic carbocycles. The number of H-pyrrole nitrogens is 1. The van der Waals surface area contributed by atoms with Crippen molar-refractivity contribution in [1.29, 1.82) is 0 Å². The van der Waals surface area contributed by atoms with Gasteiger partial charge in [-0.25, -0.2) is 4.79 Å². The molecule has 0 saturated carbocycles. The Hall–Kier alpha value is -2.07. The topological polar surface area (TPSA) is 59.2 Å². The summed E-state index contributed by atoms with van der Waals surface area (Å²) in [6.07, 6.45) is 1.55. The van der Waals surface area contributed by atoms with Gasteiger partial charge in [-0.15, -0.1) is 0 Å². The first-order valence-corrected chi connectivity index (χ1v) is 5.56. The van der Waals surface area contributed by atoms with E-state index in [2.05, 4.69) is 9.72 Å². The summed E-state index contributed by atoms with van der Waals surface area (Å²) in [5, 5.41) is 0.309. The highest BCUT2D eigenvalue weighted by atomic mass is 35.5. The van der Waals surface area contributed by atoms with E-state index in [0.717, 1.165) is 0 Å². The van der Waals surface area contributed by atoms with Crippen molar-refractivity contribution in [2.75, 3.05) is 7.11 Å². The first-order valence-electron chi connectivity index (χ1n) is 5.19. The van der Waals surface area contributed by atoms with Crippen LogP contribution in [0.1, 0.15) is 10.4 Å². The van der Waals surface area contributed by atoms with Crippen LogP contribution in [-0.2, 0) is 4.74 Å². The van der Waals surface area contributed by atoms with Gasteiger partial charge < -0.3 is 9.72 Å². The lowest BCUT2D eigenvalue weighted by atomic mass is 10.1. The minimum absolute atomic E-state index is 0.113. The summed E-state index contributed by atoms with van der Waals surface area (Å²) >= 11 is 5.92. The highest BCUT2D eigenvalue weighted by molar-refractivity contribution is 6.33. The number of carbonyl (C=O) groups is 1. The highest BCUT2D eigenvalue weighted by Crippen LogP contribution is 2.23. The van der Waals surface area contributed by atoms with Gasteiger partial charge in [-0.05, 0) is 17.7 Å². The van der Waals surface area contributed by atoms with E-state index >= 15 is 0 Å². The number of aromatic nitrogens is 1. The average molecular weight is 264 g/mol. The maximum absolute atomic E-state index is 11.5. The van der Waals surface area contributed by atoms with Crippen molar-refractivity contribution in [3.8, 4) is 11.3 Å². The van der Waals surface area contributed by atoms with E-state index in [4.69, 9.17) is 11.6 Å². The Morgan fingerprint density at radius 3 is 2.72 bits per heavy atom. The van der Waals surface area contributed by atoms with Crippen molar-refractivity contribution in [2.24, 2.45) is 0 Å². The third-order valence-corrected chi connectivity index (χ3v) is 2.79. The summed E-state index contributed by atoms with van der Waals surface area (Å²) in [4.78, 5) is 25.7. The summed E-state index contributed by atoms with van der Waals surface area (Å²) in [6, 6.07) is 7.76. The molecule has 1 aromatic carbocycles. The number of halogens is 1. The second-order valence-corrected chi connectivity index (χ2v) is 4.03. The van der Waals surface area contributed by atoms with Gasteiger partial charge in [-0.3, -0.25) is 4.79 Å². The molecule has 1 N–H and O–H groups in total. The Morgan fingerprint density at radius 2 is 2.06 bits per heavy atom. The van der Waals surface area contributed by atoms with Gasteiger partial charge in [0.25, 0.3) is 0 Å². The molecule has 2 rings (SSSR count). The number of ether oxygens (including phenoxy) is 1. The van der Waals surface area contributed by atoms with Crippen molar-refractivity contribution in [2.45, 2.75) is 0 Å². The van der Waals surface area contributed by atoms with Gasteiger partial charge in [0.2, 0.25) is 0 Å². The van der Waals surface area contributed by atoms with Gasteiger partial charge in [0.15, 0.2) is 5.43 Å². The zero-order chi connectivity index (χ0) is 13.1. The average Bonchev–Trinajstić information content (AvgIpc) is 2.38. The SMILES string of the molecule is COC(=O)c1cc(-c2cc(=O)cc[nH]2)ccc1Cl. The molecule has 0 aliphatic rings. The third kappa shape index (κ3) is 2.43. The Kier molecular flexibility index (Phi) is 3.48. The largest absolute Gasteiger partial charge is 0.465 e. The molecule has 1 aromatic heterocycles. The standard InChI is InChI=1S/C13H10ClNO3/c1-18-13(17)10-6-8(2-3-11(10)14)12-7-9(16)4-5-15-12/h2-7H,1H3,(H,15,16). The summed E-state index contributed by atoms with van der Waals surface area (Å²) < 4.78 is 4.64. The summed E-state index contributed by atoms with van der Waals surface area (Å²) in [5.41, 5.74) is 1.46. The number of hydrogen-bond donors (Lipinski definition) is 1. The molecule has 0 bridgehead atoms. The lowest BCUT2D eigenvalue weighted by molar-refractivity contribution is 0.0601. The van der Waals surface area contributed by atoms with Crippen molar-refractivity contribution in [3.63, 3.8) is 0 Å². The number of rotatable bonds is 2. The van der Waals surface area contributed by atoms with Crippen LogP contribution in [0.3, 0.4) is 0 Å². The first kappa shape index (κ1) is 12.4. The van der Waals surface area contributed by atoms with Crippen LogP contribution in [0, 0.1) is 0 Å². The molecular weight excluding hydrogens is 254 g/mol. The molecule has 0 atom stereocenters. The van der Waals surface area contributed by atoms with Crippen LogP contribution in [-0.4, -0.2) is 18.1 Å². The molecule has 0 saturated heterocycles. The van der Waals surface area contributed by atoms with Crippen molar-refractivity contribution >= 4 is 17.6 Å². The number of aromatic amines is 1. The maximum atomic E-state index is 11.5. The van der Waals surface area contributed by atoms with Crippen LogP contribution < -0.4 is 5.43 Å². The Balaban J connectivity index is 2.53. The lowest BCUT2D eigenvalue weighted by Crippen LogP contribution is -2.03.